The van der Waals surface area contributed by atoms with Crippen molar-refractivity contribution in [1.82, 2.24) is 15.5 Å². The van der Waals surface area contributed by atoms with E-state index in [1.54, 1.807) is 12.3 Å². The highest BCUT2D eigenvalue weighted by Gasteiger charge is 2.11. The molecule has 2 rings (SSSR count). The molecule has 16 heavy (non-hydrogen) atoms. The lowest BCUT2D eigenvalue weighted by Gasteiger charge is -2.06. The number of benzene rings is 1. The third-order valence-corrected chi connectivity index (χ3v) is 2.54. The average Bonchev–Trinajstić information content (AvgIpc) is 2.75. The first-order valence-corrected chi connectivity index (χ1v) is 5.06. The summed E-state index contributed by atoms with van der Waals surface area (Å²) >= 11 is 0. The van der Waals surface area contributed by atoms with Crippen molar-refractivity contribution < 1.29 is 9.90 Å². The fourth-order valence-electron chi connectivity index (χ4n) is 1.67. The van der Waals surface area contributed by atoms with Gasteiger partial charge in [0.05, 0.1) is 18.3 Å². The molecule has 0 unspecified atom stereocenters. The Labute approximate surface area is 92.5 Å². The summed E-state index contributed by atoms with van der Waals surface area (Å²) in [4.78, 5) is 11.7. The summed E-state index contributed by atoms with van der Waals surface area (Å²) < 4.78 is 0. The Hall–Kier alpha value is -1.88. The second-order valence-corrected chi connectivity index (χ2v) is 3.55. The molecule has 1 aromatic carbocycles. The summed E-state index contributed by atoms with van der Waals surface area (Å²) in [6, 6.07) is 3.58. The van der Waals surface area contributed by atoms with Gasteiger partial charge in [0.2, 0.25) is 0 Å². The number of fused-ring (bicyclic) bond motifs is 1. The minimum atomic E-state index is -0.172. The zero-order chi connectivity index (χ0) is 11.5. The van der Waals surface area contributed by atoms with Gasteiger partial charge in [0.1, 0.15) is 0 Å². The second kappa shape index (κ2) is 4.32. The number of hydrogen-bond donors (Lipinski definition) is 3. The lowest BCUT2D eigenvalue weighted by atomic mass is 10.0. The molecule has 0 atom stereocenters. The number of aliphatic hydroxyl groups excluding tert-OH is 1. The van der Waals surface area contributed by atoms with E-state index in [-0.39, 0.29) is 19.1 Å². The van der Waals surface area contributed by atoms with Crippen LogP contribution in [0.2, 0.25) is 0 Å². The summed E-state index contributed by atoms with van der Waals surface area (Å²) in [6.45, 7) is 2.09. The molecule has 0 fully saturated rings. The minimum absolute atomic E-state index is 0.0568. The average molecular weight is 219 g/mol. The molecule has 0 saturated carbocycles. The lowest BCUT2D eigenvalue weighted by Crippen LogP contribution is -2.26. The van der Waals surface area contributed by atoms with Crippen LogP contribution < -0.4 is 5.32 Å². The van der Waals surface area contributed by atoms with Gasteiger partial charge in [-0.2, -0.15) is 5.10 Å². The highest BCUT2D eigenvalue weighted by Crippen LogP contribution is 2.19. The van der Waals surface area contributed by atoms with Gasteiger partial charge >= 0.3 is 0 Å². The Kier molecular flexibility index (Phi) is 2.87. The molecule has 1 amide bonds. The van der Waals surface area contributed by atoms with Crippen LogP contribution in [0.15, 0.2) is 18.3 Å². The van der Waals surface area contributed by atoms with E-state index < -0.39 is 0 Å². The number of hydrogen-bond acceptors (Lipinski definition) is 3. The van der Waals surface area contributed by atoms with Crippen molar-refractivity contribution in [2.75, 3.05) is 13.2 Å². The fraction of sp³-hybridized carbons (Fsp3) is 0.273. The molecule has 0 aliphatic carbocycles. The second-order valence-electron chi connectivity index (χ2n) is 3.55. The molecule has 0 bridgehead atoms. The van der Waals surface area contributed by atoms with Gasteiger partial charge < -0.3 is 10.4 Å². The molecule has 0 aliphatic heterocycles. The Morgan fingerprint density at radius 1 is 1.56 bits per heavy atom. The van der Waals surface area contributed by atoms with E-state index in [9.17, 15) is 4.79 Å². The van der Waals surface area contributed by atoms with Crippen molar-refractivity contribution >= 4 is 16.8 Å². The normalized spacial score (nSPS) is 10.6. The number of aromatic amines is 1. The van der Waals surface area contributed by atoms with Crippen LogP contribution in [-0.2, 0) is 0 Å². The Bertz CT molecular complexity index is 519. The Morgan fingerprint density at radius 3 is 3.12 bits per heavy atom. The molecule has 0 spiro atoms. The summed E-state index contributed by atoms with van der Waals surface area (Å²) in [5.41, 5.74) is 2.42. The first-order valence-electron chi connectivity index (χ1n) is 5.06. The minimum Gasteiger partial charge on any atom is -0.395 e. The molecule has 5 nitrogen and oxygen atoms in total. The number of aromatic nitrogens is 2. The molecule has 0 aliphatic rings. The molecule has 1 heterocycles. The smallest absolute Gasteiger partial charge is 0.251 e. The molecule has 84 valence electrons. The molecular formula is C11H13N3O2. The van der Waals surface area contributed by atoms with Gasteiger partial charge in [-0.25, -0.2) is 0 Å². The van der Waals surface area contributed by atoms with Crippen LogP contribution in [0.25, 0.3) is 10.9 Å². The number of aryl methyl sites for hydroxylation is 1. The van der Waals surface area contributed by atoms with Crippen molar-refractivity contribution in [3.05, 3.63) is 29.5 Å². The predicted octanol–water partition coefficient (Wildman–Crippen LogP) is 0.593. The number of nitrogens with one attached hydrogen (secondary N) is 2. The van der Waals surface area contributed by atoms with Crippen LogP contribution in [0.3, 0.4) is 0 Å². The van der Waals surface area contributed by atoms with Gasteiger partial charge in [0.15, 0.2) is 0 Å². The zero-order valence-electron chi connectivity index (χ0n) is 8.95. The van der Waals surface area contributed by atoms with E-state index in [2.05, 4.69) is 15.5 Å². The SMILES string of the molecule is Cc1c(C(=O)NCCO)ccc2[nH]ncc12. The lowest BCUT2D eigenvalue weighted by molar-refractivity contribution is 0.0944. The number of nitrogens with zero attached hydrogens (tertiary/aromatic N) is 1. The molecule has 1 aromatic heterocycles. The molecule has 3 N–H and O–H groups in total. The largest absolute Gasteiger partial charge is 0.395 e. The Balaban J connectivity index is 2.37. The molecular weight excluding hydrogens is 206 g/mol. The quantitative estimate of drug-likeness (QED) is 0.707. The van der Waals surface area contributed by atoms with E-state index in [4.69, 9.17) is 5.11 Å². The molecule has 0 saturated heterocycles. The van der Waals surface area contributed by atoms with Crippen molar-refractivity contribution in [3.8, 4) is 0 Å². The first kappa shape index (κ1) is 10.6. The summed E-state index contributed by atoms with van der Waals surface area (Å²) in [6.07, 6.45) is 1.70. The van der Waals surface area contributed by atoms with Gasteiger partial charge in [0, 0.05) is 17.5 Å². The van der Waals surface area contributed by atoms with E-state index in [1.807, 2.05) is 13.0 Å². The van der Waals surface area contributed by atoms with Crippen LogP contribution in [0.1, 0.15) is 15.9 Å². The summed E-state index contributed by atoms with van der Waals surface area (Å²) in [7, 11) is 0. The maximum Gasteiger partial charge on any atom is 0.251 e. The van der Waals surface area contributed by atoms with Crippen molar-refractivity contribution in [3.63, 3.8) is 0 Å². The standard InChI is InChI=1S/C11H13N3O2/c1-7-8(11(16)12-4-5-15)2-3-10-9(7)6-13-14-10/h2-3,6,15H,4-5H2,1H3,(H,12,16)(H,13,14). The predicted molar refractivity (Wildman–Crippen MR) is 60.2 cm³/mol. The van der Waals surface area contributed by atoms with Crippen LogP contribution in [-0.4, -0.2) is 34.4 Å². The number of aliphatic hydroxyl groups is 1. The highest BCUT2D eigenvalue weighted by molar-refractivity contribution is 6.00. The zero-order valence-corrected chi connectivity index (χ0v) is 8.95. The number of rotatable bonds is 3. The van der Waals surface area contributed by atoms with E-state index in [1.165, 1.54) is 0 Å². The number of H-pyrrole nitrogens is 1. The summed E-state index contributed by atoms with van der Waals surface area (Å²) in [5.74, 6) is -0.172. The highest BCUT2D eigenvalue weighted by atomic mass is 16.3. The maximum atomic E-state index is 11.7. The van der Waals surface area contributed by atoms with Crippen LogP contribution >= 0.6 is 0 Å². The molecule has 5 heteroatoms. The monoisotopic (exact) mass is 219 g/mol. The van der Waals surface area contributed by atoms with E-state index >= 15 is 0 Å². The summed E-state index contributed by atoms with van der Waals surface area (Å²) in [5, 5.41) is 19.0. The first-order chi connectivity index (χ1) is 7.74. The topological polar surface area (TPSA) is 78.0 Å². The van der Waals surface area contributed by atoms with E-state index in [0.29, 0.717) is 5.56 Å². The Morgan fingerprint density at radius 2 is 2.38 bits per heavy atom. The van der Waals surface area contributed by atoms with E-state index in [0.717, 1.165) is 16.5 Å². The fourth-order valence-corrected chi connectivity index (χ4v) is 1.67. The maximum absolute atomic E-state index is 11.7. The third-order valence-electron chi connectivity index (χ3n) is 2.54. The van der Waals surface area contributed by atoms with Crippen LogP contribution in [0.4, 0.5) is 0 Å². The molecule has 0 radical (unpaired) electrons. The van der Waals surface area contributed by atoms with Gasteiger partial charge in [-0.3, -0.25) is 9.89 Å². The van der Waals surface area contributed by atoms with Gasteiger partial charge in [-0.1, -0.05) is 0 Å². The van der Waals surface area contributed by atoms with Gasteiger partial charge in [-0.15, -0.1) is 0 Å². The van der Waals surface area contributed by atoms with Crippen molar-refractivity contribution in [2.24, 2.45) is 0 Å². The van der Waals surface area contributed by atoms with Gasteiger partial charge in [-0.05, 0) is 24.6 Å². The van der Waals surface area contributed by atoms with Crippen LogP contribution in [0.5, 0.6) is 0 Å². The number of carbonyl (C=O) groups is 1. The van der Waals surface area contributed by atoms with Crippen LogP contribution in [0, 0.1) is 6.92 Å². The third kappa shape index (κ3) is 1.77. The van der Waals surface area contributed by atoms with Crippen molar-refractivity contribution in [1.29, 1.82) is 0 Å². The number of carbonyl (C=O) groups excluding carboxylic acids is 1. The molecule has 2 aromatic rings. The number of amides is 1. The van der Waals surface area contributed by atoms with Crippen molar-refractivity contribution in [2.45, 2.75) is 6.92 Å². The van der Waals surface area contributed by atoms with Gasteiger partial charge in [0.25, 0.3) is 5.91 Å².